The summed E-state index contributed by atoms with van der Waals surface area (Å²) < 4.78 is 39.2. The Morgan fingerprint density at radius 1 is 1.11 bits per heavy atom. The van der Waals surface area contributed by atoms with Crippen LogP contribution in [0.4, 0.5) is 10.1 Å². The van der Waals surface area contributed by atoms with Gasteiger partial charge in [-0.25, -0.2) is 12.8 Å². The number of halogens is 1. The van der Waals surface area contributed by atoms with Gasteiger partial charge in [-0.3, -0.25) is 4.79 Å². The molecule has 0 atom stereocenters. The highest BCUT2D eigenvalue weighted by atomic mass is 32.2. The van der Waals surface area contributed by atoms with Gasteiger partial charge in [0.15, 0.2) is 0 Å². The Morgan fingerprint density at radius 3 is 2.41 bits per heavy atom. The normalized spacial score (nSPS) is 11.6. The van der Waals surface area contributed by atoms with Crippen molar-refractivity contribution in [3.8, 4) is 0 Å². The molecule has 5 nitrogen and oxygen atoms in total. The van der Waals surface area contributed by atoms with Crippen LogP contribution >= 0.6 is 0 Å². The first-order valence-corrected chi connectivity index (χ1v) is 10.6. The van der Waals surface area contributed by atoms with E-state index in [0.29, 0.717) is 6.54 Å². The number of amides is 1. The van der Waals surface area contributed by atoms with Gasteiger partial charge in [0.25, 0.3) is 0 Å². The van der Waals surface area contributed by atoms with Crippen LogP contribution in [0.1, 0.15) is 24.5 Å². The molecule has 2 rings (SSSR count). The van der Waals surface area contributed by atoms with Crippen molar-refractivity contribution in [3.05, 3.63) is 65.5 Å². The van der Waals surface area contributed by atoms with Gasteiger partial charge >= 0.3 is 0 Å². The summed E-state index contributed by atoms with van der Waals surface area (Å²) in [7, 11) is -3.58. The number of carbonyl (C=O) groups is 1. The predicted molar refractivity (Wildman–Crippen MR) is 105 cm³/mol. The summed E-state index contributed by atoms with van der Waals surface area (Å²) in [6, 6.07) is 13.6. The van der Waals surface area contributed by atoms with Crippen molar-refractivity contribution in [2.75, 3.05) is 24.2 Å². The number of hydrogen-bond donors (Lipinski definition) is 0. The molecular formula is C20H25FN2O3S. The van der Waals surface area contributed by atoms with Crippen LogP contribution in [-0.2, 0) is 21.4 Å². The Hall–Kier alpha value is -2.25. The van der Waals surface area contributed by atoms with Crippen molar-refractivity contribution >= 4 is 21.6 Å². The maximum absolute atomic E-state index is 13.9. The van der Waals surface area contributed by atoms with E-state index in [9.17, 15) is 17.6 Å². The van der Waals surface area contributed by atoms with Crippen molar-refractivity contribution in [3.63, 3.8) is 0 Å². The first kappa shape index (κ1) is 21.1. The molecular weight excluding hydrogens is 367 g/mol. The first-order valence-electron chi connectivity index (χ1n) is 8.78. The lowest BCUT2D eigenvalue weighted by Crippen LogP contribution is -2.36. The minimum atomic E-state index is -3.58. The summed E-state index contributed by atoms with van der Waals surface area (Å²) in [6.45, 7) is 4.19. The topological polar surface area (TPSA) is 57.7 Å². The Labute approximate surface area is 160 Å². The molecule has 0 radical (unpaired) electrons. The second-order valence-corrected chi connectivity index (χ2v) is 8.40. The molecule has 0 saturated carbocycles. The van der Waals surface area contributed by atoms with Gasteiger partial charge in [0.2, 0.25) is 15.9 Å². The molecule has 0 unspecified atom stereocenters. The lowest BCUT2D eigenvalue weighted by Gasteiger charge is -2.24. The molecule has 0 N–H and O–H groups in total. The average Bonchev–Trinajstić information content (AvgIpc) is 2.59. The van der Waals surface area contributed by atoms with Crippen molar-refractivity contribution < 1.29 is 17.6 Å². The summed E-state index contributed by atoms with van der Waals surface area (Å²) in [4.78, 5) is 14.3. The lowest BCUT2D eigenvalue weighted by atomic mass is 10.2. The molecule has 0 saturated heterocycles. The second-order valence-electron chi connectivity index (χ2n) is 6.41. The van der Waals surface area contributed by atoms with E-state index < -0.39 is 15.8 Å². The molecule has 0 heterocycles. The van der Waals surface area contributed by atoms with Crippen LogP contribution in [0.2, 0.25) is 0 Å². The molecule has 146 valence electrons. The standard InChI is InChI=1S/C20H25FN2O3S/c1-4-23(18-10-7-8-16(2)14-18)20(24)12-13-22(27(3,25)26)15-17-9-5-6-11-19(17)21/h5-11,14H,4,12-13,15H2,1-3H3. The number of carbonyl (C=O) groups excluding carboxylic acids is 1. The summed E-state index contributed by atoms with van der Waals surface area (Å²) >= 11 is 0. The minimum Gasteiger partial charge on any atom is -0.313 e. The molecule has 2 aromatic carbocycles. The predicted octanol–water partition coefficient (Wildman–Crippen LogP) is 3.34. The smallest absolute Gasteiger partial charge is 0.228 e. The van der Waals surface area contributed by atoms with Crippen molar-refractivity contribution in [1.82, 2.24) is 4.31 Å². The Kier molecular flexibility index (Phi) is 7.10. The van der Waals surface area contributed by atoms with Gasteiger partial charge in [-0.05, 0) is 37.6 Å². The molecule has 7 heteroatoms. The molecule has 2 aromatic rings. The van der Waals surface area contributed by atoms with Crippen LogP contribution in [0.15, 0.2) is 48.5 Å². The van der Waals surface area contributed by atoms with Crippen molar-refractivity contribution in [2.24, 2.45) is 0 Å². The van der Waals surface area contributed by atoms with Crippen LogP contribution in [0, 0.1) is 12.7 Å². The van der Waals surface area contributed by atoms with Crippen molar-refractivity contribution in [1.29, 1.82) is 0 Å². The number of nitrogens with zero attached hydrogens (tertiary/aromatic N) is 2. The number of sulfonamides is 1. The third-order valence-electron chi connectivity index (χ3n) is 4.28. The maximum atomic E-state index is 13.9. The van der Waals surface area contributed by atoms with E-state index >= 15 is 0 Å². The quantitative estimate of drug-likeness (QED) is 0.692. The highest BCUT2D eigenvalue weighted by Gasteiger charge is 2.22. The highest BCUT2D eigenvalue weighted by molar-refractivity contribution is 7.88. The summed E-state index contributed by atoms with van der Waals surface area (Å²) in [5.74, 6) is -0.641. The fraction of sp³-hybridized carbons (Fsp3) is 0.350. The molecule has 1 amide bonds. The van der Waals surface area contributed by atoms with Gasteiger partial charge in [0.1, 0.15) is 5.82 Å². The zero-order valence-corrected chi connectivity index (χ0v) is 16.7. The number of benzene rings is 2. The van der Waals surface area contributed by atoms with E-state index in [1.807, 2.05) is 38.1 Å². The zero-order chi connectivity index (χ0) is 20.0. The number of aryl methyl sites for hydroxylation is 1. The lowest BCUT2D eigenvalue weighted by molar-refractivity contribution is -0.118. The number of anilines is 1. The average molecular weight is 392 g/mol. The molecule has 0 aliphatic heterocycles. The second kappa shape index (κ2) is 9.10. The molecule has 27 heavy (non-hydrogen) atoms. The van der Waals surface area contributed by atoms with E-state index in [-0.39, 0.29) is 31.0 Å². The van der Waals surface area contributed by atoms with Crippen LogP contribution in [0.25, 0.3) is 0 Å². The minimum absolute atomic E-state index is 0.00564. The Bertz CT molecular complexity index is 900. The van der Waals surface area contributed by atoms with Gasteiger partial charge in [-0.1, -0.05) is 30.3 Å². The molecule has 0 fully saturated rings. The fourth-order valence-corrected chi connectivity index (χ4v) is 3.63. The van der Waals surface area contributed by atoms with Gasteiger partial charge in [-0.15, -0.1) is 0 Å². The largest absolute Gasteiger partial charge is 0.313 e. The number of rotatable bonds is 8. The molecule has 0 aromatic heterocycles. The van der Waals surface area contributed by atoms with E-state index in [1.165, 1.54) is 6.07 Å². The summed E-state index contributed by atoms with van der Waals surface area (Å²) in [5, 5.41) is 0. The molecule has 0 aliphatic carbocycles. The third-order valence-corrected chi connectivity index (χ3v) is 5.53. The van der Waals surface area contributed by atoms with Crippen molar-refractivity contribution in [2.45, 2.75) is 26.8 Å². The highest BCUT2D eigenvalue weighted by Crippen LogP contribution is 2.18. The van der Waals surface area contributed by atoms with Gasteiger partial charge in [-0.2, -0.15) is 4.31 Å². The van der Waals surface area contributed by atoms with Gasteiger partial charge in [0, 0.05) is 37.3 Å². The molecule has 0 aliphatic rings. The van der Waals surface area contributed by atoms with Crippen LogP contribution in [0.3, 0.4) is 0 Å². The summed E-state index contributed by atoms with van der Waals surface area (Å²) in [5.41, 5.74) is 2.10. The van der Waals surface area contributed by atoms with E-state index in [1.54, 1.807) is 23.1 Å². The van der Waals surface area contributed by atoms with E-state index in [0.717, 1.165) is 21.8 Å². The van der Waals surface area contributed by atoms with E-state index in [2.05, 4.69) is 0 Å². The van der Waals surface area contributed by atoms with Crippen LogP contribution in [-0.4, -0.2) is 38.0 Å². The Balaban J connectivity index is 2.12. The summed E-state index contributed by atoms with van der Waals surface area (Å²) in [6.07, 6.45) is 1.08. The number of hydrogen-bond acceptors (Lipinski definition) is 3. The zero-order valence-electron chi connectivity index (χ0n) is 15.9. The van der Waals surface area contributed by atoms with E-state index in [4.69, 9.17) is 0 Å². The monoisotopic (exact) mass is 392 g/mol. The van der Waals surface area contributed by atoms with Crippen LogP contribution < -0.4 is 4.90 Å². The Morgan fingerprint density at radius 2 is 1.81 bits per heavy atom. The molecule has 0 spiro atoms. The SMILES string of the molecule is CCN(C(=O)CCN(Cc1ccccc1F)S(C)(=O)=O)c1cccc(C)c1. The third kappa shape index (κ3) is 5.87. The first-order chi connectivity index (χ1) is 12.7. The van der Waals surface area contributed by atoms with Crippen LogP contribution in [0.5, 0.6) is 0 Å². The fourth-order valence-electron chi connectivity index (χ4n) is 2.83. The van der Waals surface area contributed by atoms with Gasteiger partial charge < -0.3 is 4.90 Å². The maximum Gasteiger partial charge on any atom is 0.228 e. The van der Waals surface area contributed by atoms with Gasteiger partial charge in [0.05, 0.1) is 6.26 Å². The molecule has 0 bridgehead atoms.